The van der Waals surface area contributed by atoms with Crippen LogP contribution in [-0.4, -0.2) is 53.4 Å². The van der Waals surface area contributed by atoms with Crippen LogP contribution < -0.4 is 0 Å². The van der Waals surface area contributed by atoms with E-state index in [-0.39, 0.29) is 0 Å². The zero-order valence-electron chi connectivity index (χ0n) is 11.2. The Morgan fingerprint density at radius 2 is 2.32 bits per heavy atom. The number of nitrogens with one attached hydrogen (secondary N) is 1. The van der Waals surface area contributed by atoms with Crippen molar-refractivity contribution in [1.82, 2.24) is 40.3 Å². The van der Waals surface area contributed by atoms with Gasteiger partial charge in [-0.3, -0.25) is 10.00 Å². The molecule has 1 aliphatic rings. The predicted octanol–water partition coefficient (Wildman–Crippen LogP) is 0.0162. The second kappa shape index (κ2) is 5.04. The molecule has 19 heavy (non-hydrogen) atoms. The molecule has 0 amide bonds. The average Bonchev–Trinajstić information content (AvgIpc) is 2.99. The van der Waals surface area contributed by atoms with Crippen LogP contribution in [0.5, 0.6) is 0 Å². The summed E-state index contributed by atoms with van der Waals surface area (Å²) in [5.41, 5.74) is 0. The number of tetrazole rings is 1. The summed E-state index contributed by atoms with van der Waals surface area (Å²) in [6, 6.07) is 0. The first-order valence-corrected chi connectivity index (χ1v) is 6.55. The monoisotopic (exact) mass is 262 g/mol. The largest absolute Gasteiger partial charge is 0.295 e. The number of H-pyrrole nitrogens is 1. The third kappa shape index (κ3) is 2.78. The van der Waals surface area contributed by atoms with Gasteiger partial charge in [0.05, 0.1) is 13.6 Å². The first kappa shape index (κ1) is 12.2. The summed E-state index contributed by atoms with van der Waals surface area (Å²) in [6.07, 6.45) is 2.29. The highest BCUT2D eigenvalue weighted by molar-refractivity contribution is 5.00. The van der Waals surface area contributed by atoms with E-state index in [2.05, 4.69) is 35.5 Å². The van der Waals surface area contributed by atoms with Gasteiger partial charge in [0.15, 0.2) is 11.6 Å². The number of aryl methyl sites for hydroxylation is 2. The number of nitrogens with zero attached hydrogens (tertiary/aromatic N) is 7. The van der Waals surface area contributed by atoms with Crippen LogP contribution in [0.2, 0.25) is 0 Å². The number of likely N-dealkylation sites (tertiary alicyclic amines) is 1. The highest BCUT2D eigenvalue weighted by Crippen LogP contribution is 2.24. The second-order valence-corrected chi connectivity index (χ2v) is 5.05. The molecule has 0 radical (unpaired) electrons. The Bertz CT molecular complexity index is 544. The zero-order chi connectivity index (χ0) is 13.2. The van der Waals surface area contributed by atoms with E-state index < -0.39 is 0 Å². The summed E-state index contributed by atoms with van der Waals surface area (Å²) in [4.78, 5) is 8.28. The van der Waals surface area contributed by atoms with Crippen molar-refractivity contribution in [3.63, 3.8) is 0 Å². The van der Waals surface area contributed by atoms with Crippen molar-refractivity contribution >= 4 is 0 Å². The van der Waals surface area contributed by atoms with E-state index >= 15 is 0 Å². The third-order valence-corrected chi connectivity index (χ3v) is 3.40. The van der Waals surface area contributed by atoms with Gasteiger partial charge in [0, 0.05) is 12.5 Å². The van der Waals surface area contributed by atoms with Gasteiger partial charge in [-0.1, -0.05) is 0 Å². The molecule has 1 unspecified atom stereocenters. The Morgan fingerprint density at radius 3 is 3.00 bits per heavy atom. The SMILES string of the molecule is Cc1nc(C2CCCN(Cc3nnn(C)n3)C2)n[nH]1. The third-order valence-electron chi connectivity index (χ3n) is 3.40. The molecule has 0 aromatic carbocycles. The van der Waals surface area contributed by atoms with Gasteiger partial charge in [0.2, 0.25) is 0 Å². The number of hydrogen-bond acceptors (Lipinski definition) is 6. The van der Waals surface area contributed by atoms with Crippen LogP contribution in [0.4, 0.5) is 0 Å². The molecular formula is C11H18N8. The zero-order valence-corrected chi connectivity index (χ0v) is 11.2. The van der Waals surface area contributed by atoms with Gasteiger partial charge in [0.25, 0.3) is 0 Å². The van der Waals surface area contributed by atoms with Crippen molar-refractivity contribution < 1.29 is 0 Å². The minimum absolute atomic E-state index is 0.398. The van der Waals surface area contributed by atoms with E-state index in [9.17, 15) is 0 Å². The Balaban J connectivity index is 1.64. The van der Waals surface area contributed by atoms with Gasteiger partial charge < -0.3 is 0 Å². The Labute approximate surface area is 111 Å². The quantitative estimate of drug-likeness (QED) is 0.838. The number of aromatic nitrogens is 7. The lowest BCUT2D eigenvalue weighted by molar-refractivity contribution is 0.192. The van der Waals surface area contributed by atoms with Crippen molar-refractivity contribution in [2.75, 3.05) is 13.1 Å². The standard InChI is InChI=1S/C11H18N8/c1-8-12-11(15-13-8)9-4-3-5-19(6-9)7-10-14-17-18(2)16-10/h9H,3-7H2,1-2H3,(H,12,13,15). The molecule has 0 saturated carbocycles. The average molecular weight is 262 g/mol. The summed E-state index contributed by atoms with van der Waals surface area (Å²) in [7, 11) is 1.78. The van der Waals surface area contributed by atoms with E-state index in [0.717, 1.165) is 49.9 Å². The lowest BCUT2D eigenvalue weighted by Crippen LogP contribution is -2.34. The van der Waals surface area contributed by atoms with Crippen LogP contribution in [0, 0.1) is 6.92 Å². The lowest BCUT2D eigenvalue weighted by Gasteiger charge is -2.30. The molecule has 0 bridgehead atoms. The van der Waals surface area contributed by atoms with Gasteiger partial charge in [-0.2, -0.15) is 9.90 Å². The molecule has 1 fully saturated rings. The molecule has 8 heteroatoms. The summed E-state index contributed by atoms with van der Waals surface area (Å²) in [5.74, 6) is 2.97. The fourth-order valence-electron chi connectivity index (χ4n) is 2.54. The Morgan fingerprint density at radius 1 is 1.42 bits per heavy atom. The Hall–Kier alpha value is -1.83. The molecule has 3 heterocycles. The van der Waals surface area contributed by atoms with Gasteiger partial charge in [-0.15, -0.1) is 10.2 Å². The molecule has 2 aromatic rings. The van der Waals surface area contributed by atoms with E-state index in [0.29, 0.717) is 5.92 Å². The van der Waals surface area contributed by atoms with Crippen LogP contribution in [0.1, 0.15) is 36.2 Å². The molecule has 0 spiro atoms. The second-order valence-electron chi connectivity index (χ2n) is 5.05. The van der Waals surface area contributed by atoms with Gasteiger partial charge in [0.1, 0.15) is 5.82 Å². The summed E-state index contributed by atoms with van der Waals surface area (Å²) in [6.45, 7) is 4.70. The molecule has 8 nitrogen and oxygen atoms in total. The normalized spacial score (nSPS) is 20.8. The first-order chi connectivity index (χ1) is 9.20. The van der Waals surface area contributed by atoms with Crippen LogP contribution in [0.15, 0.2) is 0 Å². The molecule has 0 aliphatic carbocycles. The summed E-state index contributed by atoms with van der Waals surface area (Å²) in [5, 5.41) is 19.3. The summed E-state index contributed by atoms with van der Waals surface area (Å²) < 4.78 is 0. The molecule has 102 valence electrons. The topological polar surface area (TPSA) is 88.4 Å². The number of rotatable bonds is 3. The maximum Gasteiger partial charge on any atom is 0.188 e. The maximum atomic E-state index is 4.44. The van der Waals surface area contributed by atoms with Crippen LogP contribution in [-0.2, 0) is 13.6 Å². The smallest absolute Gasteiger partial charge is 0.188 e. The van der Waals surface area contributed by atoms with Crippen molar-refractivity contribution in [3.8, 4) is 0 Å². The molecule has 1 atom stereocenters. The minimum Gasteiger partial charge on any atom is -0.295 e. The molecule has 1 saturated heterocycles. The van der Waals surface area contributed by atoms with Crippen LogP contribution >= 0.6 is 0 Å². The molecule has 3 rings (SSSR count). The minimum atomic E-state index is 0.398. The van der Waals surface area contributed by atoms with Crippen molar-refractivity contribution in [2.24, 2.45) is 7.05 Å². The van der Waals surface area contributed by atoms with Crippen LogP contribution in [0.3, 0.4) is 0 Å². The maximum absolute atomic E-state index is 4.44. The fourth-order valence-corrected chi connectivity index (χ4v) is 2.54. The van der Waals surface area contributed by atoms with E-state index in [1.165, 1.54) is 4.80 Å². The van der Waals surface area contributed by atoms with Gasteiger partial charge >= 0.3 is 0 Å². The predicted molar refractivity (Wildman–Crippen MR) is 67.2 cm³/mol. The highest BCUT2D eigenvalue weighted by atomic mass is 15.6. The fraction of sp³-hybridized carbons (Fsp3) is 0.727. The number of hydrogen-bond donors (Lipinski definition) is 1. The van der Waals surface area contributed by atoms with E-state index in [4.69, 9.17) is 0 Å². The number of piperidine rings is 1. The van der Waals surface area contributed by atoms with E-state index in [1.807, 2.05) is 6.92 Å². The lowest BCUT2D eigenvalue weighted by atomic mass is 9.97. The number of aromatic amines is 1. The van der Waals surface area contributed by atoms with E-state index in [1.54, 1.807) is 7.05 Å². The molecule has 1 N–H and O–H groups in total. The molecular weight excluding hydrogens is 244 g/mol. The van der Waals surface area contributed by atoms with Crippen molar-refractivity contribution in [1.29, 1.82) is 0 Å². The molecule has 1 aliphatic heterocycles. The highest BCUT2D eigenvalue weighted by Gasteiger charge is 2.25. The summed E-state index contributed by atoms with van der Waals surface area (Å²) >= 11 is 0. The van der Waals surface area contributed by atoms with Gasteiger partial charge in [-0.25, -0.2) is 4.98 Å². The van der Waals surface area contributed by atoms with Crippen molar-refractivity contribution in [3.05, 3.63) is 17.5 Å². The van der Waals surface area contributed by atoms with Crippen molar-refractivity contribution in [2.45, 2.75) is 32.2 Å². The van der Waals surface area contributed by atoms with Gasteiger partial charge in [-0.05, 0) is 31.5 Å². The Kier molecular flexibility index (Phi) is 3.24. The molecule has 2 aromatic heterocycles. The van der Waals surface area contributed by atoms with Crippen LogP contribution in [0.25, 0.3) is 0 Å². The first-order valence-electron chi connectivity index (χ1n) is 6.55.